The highest BCUT2D eigenvalue weighted by molar-refractivity contribution is 6.32. The molecule has 3 aromatic rings. The summed E-state index contributed by atoms with van der Waals surface area (Å²) in [5, 5.41) is 2.95. The predicted molar refractivity (Wildman–Crippen MR) is 117 cm³/mol. The Morgan fingerprint density at radius 3 is 2.56 bits per heavy atom. The van der Waals surface area contributed by atoms with E-state index in [1.165, 1.54) is 6.07 Å². The standard InChI is InChI=1S/C24H20ClF2NO4/c1-30-15-6-7-21(31-2)17(11-15)13-8-14-9-16(32-23(14)18(25)10-13)12-28-24(29)22-19(26)4-3-5-20(22)27/h3-8,10-11,16H,9,12H2,1-2H3,(H,28,29). The van der Waals surface area contributed by atoms with E-state index in [4.69, 9.17) is 25.8 Å². The van der Waals surface area contributed by atoms with Crippen LogP contribution in [0.2, 0.25) is 5.02 Å². The van der Waals surface area contributed by atoms with Gasteiger partial charge in [-0.1, -0.05) is 17.7 Å². The van der Waals surface area contributed by atoms with Crippen molar-refractivity contribution in [3.05, 3.63) is 76.3 Å². The Labute approximate surface area is 188 Å². The molecule has 4 rings (SSSR count). The molecule has 0 spiro atoms. The quantitative estimate of drug-likeness (QED) is 0.561. The molecule has 0 radical (unpaired) electrons. The van der Waals surface area contributed by atoms with Crippen molar-refractivity contribution in [1.82, 2.24) is 5.32 Å². The number of halogens is 3. The third-order valence-electron chi connectivity index (χ3n) is 5.25. The molecule has 0 saturated carbocycles. The number of carbonyl (C=O) groups excluding carboxylic acids is 1. The molecule has 0 fully saturated rings. The fourth-order valence-corrected chi connectivity index (χ4v) is 3.99. The Hall–Kier alpha value is -3.32. The number of hydrogen-bond donors (Lipinski definition) is 1. The fourth-order valence-electron chi connectivity index (χ4n) is 3.71. The molecule has 0 saturated heterocycles. The van der Waals surface area contributed by atoms with Crippen molar-refractivity contribution < 1.29 is 27.8 Å². The molecular formula is C24H20ClF2NO4. The summed E-state index contributed by atoms with van der Waals surface area (Å²) in [6.45, 7) is 0.0649. The summed E-state index contributed by atoms with van der Waals surface area (Å²) < 4.78 is 44.3. The molecule has 0 aliphatic carbocycles. The molecule has 3 aromatic carbocycles. The molecule has 1 amide bonds. The van der Waals surface area contributed by atoms with E-state index in [1.807, 2.05) is 18.2 Å². The first-order valence-corrected chi connectivity index (χ1v) is 10.2. The second-order valence-corrected chi connectivity index (χ2v) is 7.67. The number of ether oxygens (including phenoxy) is 3. The van der Waals surface area contributed by atoms with E-state index in [-0.39, 0.29) is 6.54 Å². The van der Waals surface area contributed by atoms with E-state index < -0.39 is 29.2 Å². The van der Waals surface area contributed by atoms with Crippen LogP contribution in [0.3, 0.4) is 0 Å². The first-order chi connectivity index (χ1) is 15.4. The van der Waals surface area contributed by atoms with Gasteiger partial charge in [-0.2, -0.15) is 0 Å². The maximum atomic E-state index is 13.8. The first kappa shape index (κ1) is 21.9. The average Bonchev–Trinajstić information content (AvgIpc) is 3.21. The number of amides is 1. The molecule has 1 aliphatic rings. The Morgan fingerprint density at radius 2 is 1.88 bits per heavy atom. The van der Waals surface area contributed by atoms with Crippen molar-refractivity contribution in [3.63, 3.8) is 0 Å². The highest BCUT2D eigenvalue weighted by Crippen LogP contribution is 2.42. The van der Waals surface area contributed by atoms with E-state index in [1.54, 1.807) is 26.4 Å². The SMILES string of the molecule is COc1ccc(OC)c(-c2cc(Cl)c3c(c2)CC(CNC(=O)c2c(F)cccc2F)O3)c1. The molecule has 32 heavy (non-hydrogen) atoms. The smallest absolute Gasteiger partial charge is 0.257 e. The van der Waals surface area contributed by atoms with E-state index >= 15 is 0 Å². The van der Waals surface area contributed by atoms with E-state index in [0.717, 1.165) is 28.8 Å². The zero-order chi connectivity index (χ0) is 22.8. The van der Waals surface area contributed by atoms with Gasteiger partial charge in [0.25, 0.3) is 5.91 Å². The van der Waals surface area contributed by atoms with Gasteiger partial charge in [0.1, 0.15) is 40.6 Å². The lowest BCUT2D eigenvalue weighted by atomic mass is 9.99. The summed E-state index contributed by atoms with van der Waals surface area (Å²) in [6.07, 6.45) is 0.0404. The topological polar surface area (TPSA) is 56.8 Å². The van der Waals surface area contributed by atoms with Crippen LogP contribution in [0.4, 0.5) is 8.78 Å². The van der Waals surface area contributed by atoms with Crippen LogP contribution < -0.4 is 19.5 Å². The Balaban J connectivity index is 1.52. The Kier molecular flexibility index (Phi) is 6.19. The summed E-state index contributed by atoms with van der Waals surface area (Å²) in [5.74, 6) is -0.816. The molecule has 1 aliphatic heterocycles. The van der Waals surface area contributed by atoms with Gasteiger partial charge in [0, 0.05) is 17.5 Å². The summed E-state index contributed by atoms with van der Waals surface area (Å²) in [6, 6.07) is 12.5. The lowest BCUT2D eigenvalue weighted by Crippen LogP contribution is -2.35. The molecule has 1 heterocycles. The molecule has 1 atom stereocenters. The van der Waals surface area contributed by atoms with E-state index in [9.17, 15) is 13.6 Å². The average molecular weight is 460 g/mol. The van der Waals surface area contributed by atoms with Gasteiger partial charge in [0.2, 0.25) is 0 Å². The number of rotatable bonds is 6. The van der Waals surface area contributed by atoms with Crippen LogP contribution in [-0.4, -0.2) is 32.8 Å². The van der Waals surface area contributed by atoms with Gasteiger partial charge in [-0.25, -0.2) is 8.78 Å². The molecular weight excluding hydrogens is 440 g/mol. The first-order valence-electron chi connectivity index (χ1n) is 9.85. The lowest BCUT2D eigenvalue weighted by Gasteiger charge is -2.13. The normalized spacial score (nSPS) is 14.5. The summed E-state index contributed by atoms with van der Waals surface area (Å²) in [4.78, 5) is 12.3. The molecule has 8 heteroatoms. The number of benzene rings is 3. The zero-order valence-corrected chi connectivity index (χ0v) is 18.1. The van der Waals surface area contributed by atoms with Crippen molar-refractivity contribution in [2.24, 2.45) is 0 Å². The Bertz CT molecular complexity index is 1160. The van der Waals surface area contributed by atoms with Crippen molar-refractivity contribution in [3.8, 4) is 28.4 Å². The number of carbonyl (C=O) groups is 1. The second kappa shape index (κ2) is 9.04. The molecule has 1 unspecified atom stereocenters. The molecule has 1 N–H and O–H groups in total. The highest BCUT2D eigenvalue weighted by Gasteiger charge is 2.28. The van der Waals surface area contributed by atoms with Gasteiger partial charge < -0.3 is 19.5 Å². The zero-order valence-electron chi connectivity index (χ0n) is 17.4. The predicted octanol–water partition coefficient (Wildman–Crippen LogP) is 5.04. The van der Waals surface area contributed by atoms with Crippen LogP contribution in [0.1, 0.15) is 15.9 Å². The fraction of sp³-hybridized carbons (Fsp3) is 0.208. The van der Waals surface area contributed by atoms with Gasteiger partial charge >= 0.3 is 0 Å². The number of methoxy groups -OCH3 is 2. The molecule has 0 aromatic heterocycles. The minimum Gasteiger partial charge on any atom is -0.497 e. The maximum Gasteiger partial charge on any atom is 0.257 e. The third-order valence-corrected chi connectivity index (χ3v) is 5.53. The molecule has 0 bridgehead atoms. The van der Waals surface area contributed by atoms with Gasteiger partial charge in [0.05, 0.1) is 25.8 Å². The minimum absolute atomic E-state index is 0.0649. The highest BCUT2D eigenvalue weighted by atomic mass is 35.5. The van der Waals surface area contributed by atoms with Crippen molar-refractivity contribution >= 4 is 17.5 Å². The van der Waals surface area contributed by atoms with Gasteiger partial charge in [-0.15, -0.1) is 0 Å². The van der Waals surface area contributed by atoms with Crippen LogP contribution >= 0.6 is 11.6 Å². The van der Waals surface area contributed by atoms with Crippen molar-refractivity contribution in [1.29, 1.82) is 0 Å². The Morgan fingerprint density at radius 1 is 1.12 bits per heavy atom. The van der Waals surface area contributed by atoms with Gasteiger partial charge in [-0.3, -0.25) is 4.79 Å². The third kappa shape index (κ3) is 4.21. The summed E-state index contributed by atoms with van der Waals surface area (Å²) >= 11 is 6.48. The van der Waals surface area contributed by atoms with Crippen LogP contribution in [-0.2, 0) is 6.42 Å². The summed E-state index contributed by atoms with van der Waals surface area (Å²) in [5.41, 5.74) is 1.87. The van der Waals surface area contributed by atoms with Crippen LogP contribution in [0.25, 0.3) is 11.1 Å². The van der Waals surface area contributed by atoms with E-state index in [2.05, 4.69) is 5.32 Å². The minimum atomic E-state index is -0.918. The van der Waals surface area contributed by atoms with E-state index in [0.29, 0.717) is 28.7 Å². The monoisotopic (exact) mass is 459 g/mol. The van der Waals surface area contributed by atoms with Crippen LogP contribution in [0, 0.1) is 11.6 Å². The van der Waals surface area contributed by atoms with Gasteiger partial charge in [-0.05, 0) is 48.0 Å². The number of nitrogens with one attached hydrogen (secondary N) is 1. The number of hydrogen-bond acceptors (Lipinski definition) is 4. The molecule has 166 valence electrons. The second-order valence-electron chi connectivity index (χ2n) is 7.26. The summed E-state index contributed by atoms with van der Waals surface area (Å²) in [7, 11) is 3.17. The van der Waals surface area contributed by atoms with Crippen molar-refractivity contribution in [2.75, 3.05) is 20.8 Å². The number of fused-ring (bicyclic) bond motifs is 1. The van der Waals surface area contributed by atoms with Crippen LogP contribution in [0.5, 0.6) is 17.2 Å². The van der Waals surface area contributed by atoms with Crippen molar-refractivity contribution in [2.45, 2.75) is 12.5 Å². The largest absolute Gasteiger partial charge is 0.497 e. The van der Waals surface area contributed by atoms with Crippen LogP contribution in [0.15, 0.2) is 48.5 Å². The lowest BCUT2D eigenvalue weighted by molar-refractivity contribution is 0.0925. The molecule has 5 nitrogen and oxygen atoms in total. The van der Waals surface area contributed by atoms with Gasteiger partial charge in [0.15, 0.2) is 0 Å². The maximum absolute atomic E-state index is 13.8.